The lowest BCUT2D eigenvalue weighted by molar-refractivity contribution is -0.142. The molecule has 0 saturated carbocycles. The molecule has 54 heavy (non-hydrogen) atoms. The molecule has 0 spiro atoms. The van der Waals surface area contributed by atoms with E-state index in [1.54, 1.807) is 0 Å². The summed E-state index contributed by atoms with van der Waals surface area (Å²) in [5, 5.41) is 9.72. The SMILES string of the molecule is CCCCCCCC/C=C\CCCCCCCCCCCCC(CCCCCCCCCCCCCCCCCCCCCCCCCCCC)C(=O)O. The first-order chi connectivity index (χ1) is 26.7. The van der Waals surface area contributed by atoms with Gasteiger partial charge in [0.15, 0.2) is 0 Å². The number of hydrogen-bond acceptors (Lipinski definition) is 1. The van der Waals surface area contributed by atoms with Crippen LogP contribution in [-0.2, 0) is 4.79 Å². The molecule has 0 fully saturated rings. The molecule has 1 atom stereocenters. The summed E-state index contributed by atoms with van der Waals surface area (Å²) in [7, 11) is 0. The van der Waals surface area contributed by atoms with Crippen LogP contribution in [0.5, 0.6) is 0 Å². The minimum atomic E-state index is -0.553. The second kappa shape index (κ2) is 48.4. The maximum Gasteiger partial charge on any atom is 0.306 e. The van der Waals surface area contributed by atoms with Crippen LogP contribution in [-0.4, -0.2) is 11.1 Å². The van der Waals surface area contributed by atoms with Gasteiger partial charge in [-0.15, -0.1) is 0 Å². The number of carboxylic acids is 1. The highest BCUT2D eigenvalue weighted by atomic mass is 16.4. The van der Waals surface area contributed by atoms with Crippen molar-refractivity contribution in [3.05, 3.63) is 12.2 Å². The van der Waals surface area contributed by atoms with E-state index in [0.29, 0.717) is 0 Å². The quantitative estimate of drug-likeness (QED) is 0.0496. The number of carbonyl (C=O) groups is 1. The molecule has 0 amide bonds. The van der Waals surface area contributed by atoms with Gasteiger partial charge in [-0.1, -0.05) is 283 Å². The Bertz CT molecular complexity index is 713. The van der Waals surface area contributed by atoms with Gasteiger partial charge in [0.1, 0.15) is 0 Å². The molecule has 0 aromatic heterocycles. The first-order valence-electron chi connectivity index (χ1n) is 25.6. The fourth-order valence-electron chi connectivity index (χ4n) is 8.44. The van der Waals surface area contributed by atoms with Crippen molar-refractivity contribution in [3.63, 3.8) is 0 Å². The van der Waals surface area contributed by atoms with Crippen LogP contribution in [0, 0.1) is 5.92 Å². The summed E-state index contributed by atoms with van der Waals surface area (Å²) in [6, 6.07) is 0. The van der Waals surface area contributed by atoms with Gasteiger partial charge in [0.25, 0.3) is 0 Å². The molecule has 0 rings (SSSR count). The van der Waals surface area contributed by atoms with E-state index < -0.39 is 5.97 Å². The lowest BCUT2D eigenvalue weighted by Crippen LogP contribution is -2.13. The smallest absolute Gasteiger partial charge is 0.306 e. The molecule has 0 saturated heterocycles. The van der Waals surface area contributed by atoms with Gasteiger partial charge in [-0.3, -0.25) is 4.79 Å². The van der Waals surface area contributed by atoms with Gasteiger partial charge in [-0.05, 0) is 38.5 Å². The summed E-state index contributed by atoms with van der Waals surface area (Å²) in [6.45, 7) is 4.59. The number of hydrogen-bond donors (Lipinski definition) is 1. The third-order valence-electron chi connectivity index (χ3n) is 12.3. The van der Waals surface area contributed by atoms with Crippen LogP contribution in [0.1, 0.15) is 309 Å². The van der Waals surface area contributed by atoms with E-state index in [1.807, 2.05) is 0 Å². The van der Waals surface area contributed by atoms with Gasteiger partial charge in [-0.2, -0.15) is 0 Å². The van der Waals surface area contributed by atoms with E-state index in [2.05, 4.69) is 26.0 Å². The number of allylic oxidation sites excluding steroid dienone is 2. The van der Waals surface area contributed by atoms with Crippen LogP contribution in [0.25, 0.3) is 0 Å². The Kier molecular flexibility index (Phi) is 47.7. The third kappa shape index (κ3) is 45.6. The monoisotopic (exact) mass is 759 g/mol. The van der Waals surface area contributed by atoms with Gasteiger partial charge in [0, 0.05) is 0 Å². The summed E-state index contributed by atoms with van der Waals surface area (Å²) in [5.41, 5.74) is 0. The van der Waals surface area contributed by atoms with Crippen molar-refractivity contribution in [2.75, 3.05) is 0 Å². The van der Waals surface area contributed by atoms with Crippen molar-refractivity contribution < 1.29 is 9.90 Å². The molecule has 0 radical (unpaired) electrons. The predicted octanol–water partition coefficient (Wildman–Crippen LogP) is 19.2. The van der Waals surface area contributed by atoms with E-state index in [4.69, 9.17) is 0 Å². The highest BCUT2D eigenvalue weighted by Gasteiger charge is 2.16. The fourth-order valence-corrected chi connectivity index (χ4v) is 8.44. The van der Waals surface area contributed by atoms with Crippen molar-refractivity contribution in [3.8, 4) is 0 Å². The standard InChI is InChI=1S/C52H102O2/c1-3-5-7-9-11-13-15-17-19-21-23-25-26-27-28-29-30-32-34-36-38-40-42-44-46-48-50-51(52(53)54)49-47-45-43-41-39-37-35-33-31-24-22-20-18-16-14-12-10-8-6-4-2/h18,20,51H,3-17,19,21-50H2,1-2H3,(H,53,54)/b20-18-. The van der Waals surface area contributed by atoms with Crippen LogP contribution >= 0.6 is 0 Å². The van der Waals surface area contributed by atoms with E-state index >= 15 is 0 Å². The lowest BCUT2D eigenvalue weighted by atomic mass is 9.94. The zero-order valence-corrected chi connectivity index (χ0v) is 37.6. The fraction of sp³-hybridized carbons (Fsp3) is 0.942. The Labute approximate surface area is 342 Å². The largest absolute Gasteiger partial charge is 0.481 e. The summed E-state index contributed by atoms with van der Waals surface area (Å²) < 4.78 is 0. The Morgan fingerprint density at radius 3 is 0.704 bits per heavy atom. The average Bonchev–Trinajstić information content (AvgIpc) is 3.17. The minimum absolute atomic E-state index is 0.107. The second-order valence-corrected chi connectivity index (χ2v) is 17.8. The highest BCUT2D eigenvalue weighted by molar-refractivity contribution is 5.69. The van der Waals surface area contributed by atoms with Crippen LogP contribution < -0.4 is 0 Å². The first-order valence-corrected chi connectivity index (χ1v) is 25.6. The van der Waals surface area contributed by atoms with Crippen molar-refractivity contribution in [1.82, 2.24) is 0 Å². The average molecular weight is 759 g/mol. The van der Waals surface area contributed by atoms with E-state index in [-0.39, 0.29) is 5.92 Å². The number of rotatable bonds is 48. The van der Waals surface area contributed by atoms with Gasteiger partial charge < -0.3 is 5.11 Å². The van der Waals surface area contributed by atoms with Crippen LogP contribution in [0.3, 0.4) is 0 Å². The van der Waals surface area contributed by atoms with Crippen LogP contribution in [0.15, 0.2) is 12.2 Å². The van der Waals surface area contributed by atoms with Gasteiger partial charge in [0.05, 0.1) is 5.92 Å². The molecule has 0 aromatic carbocycles. The highest BCUT2D eigenvalue weighted by Crippen LogP contribution is 2.21. The van der Waals surface area contributed by atoms with Gasteiger partial charge in [0.2, 0.25) is 0 Å². The molecule has 0 heterocycles. The Balaban J connectivity index is 3.34. The van der Waals surface area contributed by atoms with E-state index in [1.165, 1.54) is 270 Å². The van der Waals surface area contributed by atoms with Gasteiger partial charge in [-0.25, -0.2) is 0 Å². The molecule has 1 unspecified atom stereocenters. The van der Waals surface area contributed by atoms with Crippen LogP contribution in [0.4, 0.5) is 0 Å². The molecule has 2 heteroatoms. The lowest BCUT2D eigenvalue weighted by Gasteiger charge is -2.12. The number of unbranched alkanes of at least 4 members (excludes halogenated alkanes) is 41. The van der Waals surface area contributed by atoms with Crippen molar-refractivity contribution in [1.29, 1.82) is 0 Å². The van der Waals surface area contributed by atoms with Crippen molar-refractivity contribution in [2.45, 2.75) is 309 Å². The van der Waals surface area contributed by atoms with Crippen molar-refractivity contribution in [2.24, 2.45) is 5.92 Å². The minimum Gasteiger partial charge on any atom is -0.481 e. The third-order valence-corrected chi connectivity index (χ3v) is 12.3. The molecule has 0 aliphatic rings. The number of carboxylic acid groups (broad SMARTS) is 1. The van der Waals surface area contributed by atoms with Crippen LogP contribution in [0.2, 0.25) is 0 Å². The zero-order chi connectivity index (χ0) is 39.1. The topological polar surface area (TPSA) is 37.3 Å². The second-order valence-electron chi connectivity index (χ2n) is 17.8. The molecule has 0 aliphatic heterocycles. The summed E-state index contributed by atoms with van der Waals surface area (Å²) in [5.74, 6) is -0.660. The number of aliphatic carboxylic acids is 1. The predicted molar refractivity (Wildman–Crippen MR) is 244 cm³/mol. The van der Waals surface area contributed by atoms with E-state index in [9.17, 15) is 9.90 Å². The summed E-state index contributed by atoms with van der Waals surface area (Å²) in [4.78, 5) is 11.8. The van der Waals surface area contributed by atoms with Gasteiger partial charge >= 0.3 is 5.97 Å². The Hall–Kier alpha value is -0.790. The molecule has 0 bridgehead atoms. The Morgan fingerprint density at radius 1 is 0.315 bits per heavy atom. The molecule has 2 nitrogen and oxygen atoms in total. The summed E-state index contributed by atoms with van der Waals surface area (Å²) >= 11 is 0. The Morgan fingerprint density at radius 2 is 0.500 bits per heavy atom. The van der Waals surface area contributed by atoms with E-state index in [0.717, 1.165) is 25.7 Å². The normalized spacial score (nSPS) is 12.3. The molecule has 1 N–H and O–H groups in total. The zero-order valence-electron chi connectivity index (χ0n) is 37.6. The summed E-state index contributed by atoms with van der Waals surface area (Å²) in [6.07, 6.45) is 67.5. The molecular weight excluding hydrogens is 657 g/mol. The molecule has 0 aliphatic carbocycles. The maximum atomic E-state index is 11.8. The first kappa shape index (κ1) is 53.2. The van der Waals surface area contributed by atoms with Crippen molar-refractivity contribution >= 4 is 5.97 Å². The maximum absolute atomic E-state index is 11.8. The molecular formula is C52H102O2. The molecule has 0 aromatic rings. The molecule has 322 valence electrons.